The highest BCUT2D eigenvalue weighted by Crippen LogP contribution is 2.12. The predicted octanol–water partition coefficient (Wildman–Crippen LogP) is 3.05. The minimum absolute atomic E-state index is 0.147. The molecule has 0 aromatic rings. The molecule has 2 unspecified atom stereocenters. The maximum atomic E-state index is 9.99. The van der Waals surface area contributed by atoms with Crippen molar-refractivity contribution >= 4 is 0 Å². The normalized spacial score (nSPS) is 15.6. The number of likely N-dealkylation sites (N-methyl/N-ethyl adjacent to an activating group) is 1. The summed E-state index contributed by atoms with van der Waals surface area (Å²) in [5.74, 6) is 0. The van der Waals surface area contributed by atoms with E-state index >= 15 is 0 Å². The van der Waals surface area contributed by atoms with Gasteiger partial charge < -0.3 is 10.0 Å². The highest BCUT2D eigenvalue weighted by molar-refractivity contribution is 4.75. The second kappa shape index (κ2) is 9.17. The van der Waals surface area contributed by atoms with Gasteiger partial charge in [-0.2, -0.15) is 0 Å². The summed E-state index contributed by atoms with van der Waals surface area (Å²) in [6, 6.07) is 0.349. The van der Waals surface area contributed by atoms with Gasteiger partial charge in [-0.1, -0.05) is 40.0 Å². The summed E-state index contributed by atoms with van der Waals surface area (Å²) >= 11 is 0. The zero-order chi connectivity index (χ0) is 11.7. The summed E-state index contributed by atoms with van der Waals surface area (Å²) in [4.78, 5) is 2.33. The second-order valence-electron chi connectivity index (χ2n) is 4.52. The number of hydrogen-bond donors (Lipinski definition) is 1. The first-order valence-corrected chi connectivity index (χ1v) is 6.55. The topological polar surface area (TPSA) is 23.5 Å². The van der Waals surface area contributed by atoms with Crippen molar-refractivity contribution in [3.8, 4) is 0 Å². The van der Waals surface area contributed by atoms with Crippen LogP contribution in [0.1, 0.15) is 59.3 Å². The lowest BCUT2D eigenvalue weighted by atomic mass is 10.0. The number of nitrogens with zero attached hydrogens (tertiary/aromatic N) is 1. The van der Waals surface area contributed by atoms with Gasteiger partial charge in [0.2, 0.25) is 0 Å². The smallest absolute Gasteiger partial charge is 0.0695 e. The SMILES string of the molecule is CCCCCN(C)C(CC)C(O)CCC. The average molecular weight is 215 g/mol. The maximum Gasteiger partial charge on any atom is 0.0695 e. The molecule has 2 nitrogen and oxygen atoms in total. The zero-order valence-electron chi connectivity index (χ0n) is 11.0. The van der Waals surface area contributed by atoms with Crippen LogP contribution in [-0.2, 0) is 0 Å². The molecule has 92 valence electrons. The van der Waals surface area contributed by atoms with Crippen molar-refractivity contribution in [3.63, 3.8) is 0 Å². The largest absolute Gasteiger partial charge is 0.391 e. The summed E-state index contributed by atoms with van der Waals surface area (Å²) in [6.07, 6.45) is 6.71. The first-order chi connectivity index (χ1) is 7.17. The van der Waals surface area contributed by atoms with Gasteiger partial charge in [0.1, 0.15) is 0 Å². The Balaban J connectivity index is 3.91. The molecule has 0 rings (SSSR count). The fraction of sp³-hybridized carbons (Fsp3) is 1.00. The molecule has 0 aliphatic carbocycles. The van der Waals surface area contributed by atoms with E-state index in [2.05, 4.69) is 32.7 Å². The summed E-state index contributed by atoms with van der Waals surface area (Å²) in [5.41, 5.74) is 0. The molecule has 0 spiro atoms. The Kier molecular flexibility index (Phi) is 9.12. The van der Waals surface area contributed by atoms with Gasteiger partial charge in [0.05, 0.1) is 6.10 Å². The Bertz CT molecular complexity index is 138. The fourth-order valence-electron chi connectivity index (χ4n) is 2.14. The maximum absolute atomic E-state index is 9.99. The second-order valence-corrected chi connectivity index (χ2v) is 4.52. The van der Waals surface area contributed by atoms with Crippen molar-refractivity contribution in [2.75, 3.05) is 13.6 Å². The number of rotatable bonds is 9. The molecule has 0 aromatic carbocycles. The van der Waals surface area contributed by atoms with Crippen molar-refractivity contribution in [3.05, 3.63) is 0 Å². The van der Waals surface area contributed by atoms with Crippen molar-refractivity contribution in [2.24, 2.45) is 0 Å². The number of hydrogen-bond acceptors (Lipinski definition) is 2. The molecular formula is C13H29NO. The van der Waals surface area contributed by atoms with Gasteiger partial charge in [0.15, 0.2) is 0 Å². The van der Waals surface area contributed by atoms with E-state index in [0.29, 0.717) is 6.04 Å². The van der Waals surface area contributed by atoms with Crippen LogP contribution >= 0.6 is 0 Å². The molecule has 0 saturated carbocycles. The van der Waals surface area contributed by atoms with Crippen LogP contribution < -0.4 is 0 Å². The third-order valence-electron chi connectivity index (χ3n) is 3.13. The standard InChI is InChI=1S/C13H29NO/c1-5-8-9-11-14(4)12(7-3)13(15)10-6-2/h12-13,15H,5-11H2,1-4H3. The highest BCUT2D eigenvalue weighted by Gasteiger charge is 2.20. The molecule has 0 radical (unpaired) electrons. The van der Waals surface area contributed by atoms with E-state index in [1.165, 1.54) is 19.3 Å². The van der Waals surface area contributed by atoms with E-state index in [1.54, 1.807) is 0 Å². The lowest BCUT2D eigenvalue weighted by Gasteiger charge is -2.31. The molecular weight excluding hydrogens is 186 g/mol. The van der Waals surface area contributed by atoms with Crippen LogP contribution in [0, 0.1) is 0 Å². The Morgan fingerprint density at radius 3 is 2.20 bits per heavy atom. The molecule has 0 heterocycles. The van der Waals surface area contributed by atoms with Gasteiger partial charge in [0.25, 0.3) is 0 Å². The fourth-order valence-corrected chi connectivity index (χ4v) is 2.14. The van der Waals surface area contributed by atoms with Crippen molar-refractivity contribution < 1.29 is 5.11 Å². The van der Waals surface area contributed by atoms with Gasteiger partial charge in [0, 0.05) is 6.04 Å². The van der Waals surface area contributed by atoms with E-state index in [4.69, 9.17) is 0 Å². The Morgan fingerprint density at radius 1 is 1.07 bits per heavy atom. The van der Waals surface area contributed by atoms with Gasteiger partial charge in [-0.15, -0.1) is 0 Å². The molecule has 1 N–H and O–H groups in total. The van der Waals surface area contributed by atoms with Gasteiger partial charge in [-0.3, -0.25) is 0 Å². The number of unbranched alkanes of at least 4 members (excludes halogenated alkanes) is 2. The molecule has 15 heavy (non-hydrogen) atoms. The van der Waals surface area contributed by atoms with Crippen LogP contribution in [0.3, 0.4) is 0 Å². The minimum Gasteiger partial charge on any atom is -0.391 e. The molecule has 0 bridgehead atoms. The number of aliphatic hydroxyl groups excluding tert-OH is 1. The van der Waals surface area contributed by atoms with Crippen molar-refractivity contribution in [2.45, 2.75) is 71.4 Å². The highest BCUT2D eigenvalue weighted by atomic mass is 16.3. The van der Waals surface area contributed by atoms with Gasteiger partial charge in [-0.25, -0.2) is 0 Å². The van der Waals surface area contributed by atoms with Crippen molar-refractivity contribution in [1.82, 2.24) is 4.90 Å². The quantitative estimate of drug-likeness (QED) is 0.598. The van der Waals surface area contributed by atoms with Gasteiger partial charge >= 0.3 is 0 Å². The Labute approximate surface area is 95.7 Å². The summed E-state index contributed by atoms with van der Waals surface area (Å²) in [7, 11) is 2.14. The molecule has 2 heteroatoms. The molecule has 0 aliphatic rings. The molecule has 0 aliphatic heterocycles. The van der Waals surface area contributed by atoms with Crippen LogP contribution in [0.15, 0.2) is 0 Å². The summed E-state index contributed by atoms with van der Waals surface area (Å²) < 4.78 is 0. The Morgan fingerprint density at radius 2 is 1.73 bits per heavy atom. The third-order valence-corrected chi connectivity index (χ3v) is 3.13. The van der Waals surface area contributed by atoms with E-state index in [-0.39, 0.29) is 6.10 Å². The summed E-state index contributed by atoms with van der Waals surface area (Å²) in [6.45, 7) is 7.64. The molecule has 0 fully saturated rings. The van der Waals surface area contributed by atoms with Crippen LogP contribution in [0.2, 0.25) is 0 Å². The van der Waals surface area contributed by atoms with E-state index in [9.17, 15) is 5.11 Å². The van der Waals surface area contributed by atoms with Crippen LogP contribution in [-0.4, -0.2) is 35.7 Å². The first kappa shape index (κ1) is 14.9. The average Bonchev–Trinajstić information content (AvgIpc) is 2.19. The number of aliphatic hydroxyl groups is 1. The zero-order valence-corrected chi connectivity index (χ0v) is 11.0. The van der Waals surface area contributed by atoms with Crippen LogP contribution in [0.4, 0.5) is 0 Å². The van der Waals surface area contributed by atoms with E-state index in [0.717, 1.165) is 25.8 Å². The first-order valence-electron chi connectivity index (χ1n) is 6.55. The van der Waals surface area contributed by atoms with E-state index in [1.807, 2.05) is 0 Å². The van der Waals surface area contributed by atoms with Crippen LogP contribution in [0.5, 0.6) is 0 Å². The lowest BCUT2D eigenvalue weighted by molar-refractivity contribution is 0.0534. The molecule has 0 amide bonds. The predicted molar refractivity (Wildman–Crippen MR) is 67.1 cm³/mol. The van der Waals surface area contributed by atoms with Crippen molar-refractivity contribution in [1.29, 1.82) is 0 Å². The monoisotopic (exact) mass is 215 g/mol. The molecule has 0 saturated heterocycles. The lowest BCUT2D eigenvalue weighted by Crippen LogP contribution is -2.41. The van der Waals surface area contributed by atoms with E-state index < -0.39 is 0 Å². The third kappa shape index (κ3) is 6.16. The Hall–Kier alpha value is -0.0800. The van der Waals surface area contributed by atoms with Gasteiger partial charge in [-0.05, 0) is 32.9 Å². The molecule has 0 aromatic heterocycles. The van der Waals surface area contributed by atoms with Crippen LogP contribution in [0.25, 0.3) is 0 Å². The minimum atomic E-state index is -0.147. The molecule has 2 atom stereocenters. The summed E-state index contributed by atoms with van der Waals surface area (Å²) in [5, 5.41) is 9.99.